The van der Waals surface area contributed by atoms with E-state index >= 15 is 0 Å². The molecule has 0 aliphatic rings. The Morgan fingerprint density at radius 1 is 1.25 bits per heavy atom. The van der Waals surface area contributed by atoms with Gasteiger partial charge < -0.3 is 4.90 Å². The molecule has 124 valence electrons. The minimum atomic E-state index is -0.0200. The van der Waals surface area contributed by atoms with Crippen LogP contribution in [-0.2, 0) is 6.54 Å². The summed E-state index contributed by atoms with van der Waals surface area (Å²) in [6.07, 6.45) is 4.82. The molecule has 1 aromatic carbocycles. The lowest BCUT2D eigenvalue weighted by Crippen LogP contribution is -2.22. The van der Waals surface area contributed by atoms with Gasteiger partial charge in [0.15, 0.2) is 0 Å². The molecule has 3 rings (SSSR count). The van der Waals surface area contributed by atoms with Crippen molar-refractivity contribution in [3.8, 4) is 11.3 Å². The van der Waals surface area contributed by atoms with Gasteiger partial charge in [0.1, 0.15) is 0 Å². The van der Waals surface area contributed by atoms with Gasteiger partial charge in [0.25, 0.3) is 5.91 Å². The first-order valence-electron chi connectivity index (χ1n) is 8.15. The Kier molecular flexibility index (Phi) is 4.34. The second-order valence-electron chi connectivity index (χ2n) is 6.27. The summed E-state index contributed by atoms with van der Waals surface area (Å²) < 4.78 is 1.91. The van der Waals surface area contributed by atoms with Crippen molar-refractivity contribution in [3.05, 3.63) is 47.8 Å². The predicted molar refractivity (Wildman–Crippen MR) is 96.0 cm³/mol. The summed E-state index contributed by atoms with van der Waals surface area (Å²) in [5.74, 6) is -0.0200. The Balaban J connectivity index is 2.19. The zero-order valence-corrected chi connectivity index (χ0v) is 14.6. The van der Waals surface area contributed by atoms with Gasteiger partial charge in [0.2, 0.25) is 0 Å². The highest BCUT2D eigenvalue weighted by molar-refractivity contribution is 6.07. The first kappa shape index (κ1) is 16.2. The molecule has 5 nitrogen and oxygen atoms in total. The fourth-order valence-electron chi connectivity index (χ4n) is 2.75. The van der Waals surface area contributed by atoms with Crippen LogP contribution in [0.25, 0.3) is 22.2 Å². The van der Waals surface area contributed by atoms with Crippen LogP contribution in [0.4, 0.5) is 0 Å². The van der Waals surface area contributed by atoms with Gasteiger partial charge in [-0.25, -0.2) is 4.98 Å². The van der Waals surface area contributed by atoms with Crippen molar-refractivity contribution >= 4 is 16.8 Å². The lowest BCUT2D eigenvalue weighted by molar-refractivity contribution is 0.0829. The van der Waals surface area contributed by atoms with Gasteiger partial charge in [-0.1, -0.05) is 19.1 Å². The van der Waals surface area contributed by atoms with Crippen molar-refractivity contribution in [1.82, 2.24) is 19.7 Å². The van der Waals surface area contributed by atoms with E-state index in [9.17, 15) is 4.79 Å². The van der Waals surface area contributed by atoms with Crippen LogP contribution in [0, 0.1) is 6.92 Å². The van der Waals surface area contributed by atoms with Crippen molar-refractivity contribution in [1.29, 1.82) is 0 Å². The van der Waals surface area contributed by atoms with E-state index in [1.165, 1.54) is 0 Å². The number of hydrogen-bond acceptors (Lipinski definition) is 3. The number of fused-ring (bicyclic) bond motifs is 1. The van der Waals surface area contributed by atoms with Crippen LogP contribution in [0.2, 0.25) is 0 Å². The third-order valence-corrected chi connectivity index (χ3v) is 3.98. The molecule has 0 saturated carbocycles. The van der Waals surface area contributed by atoms with Crippen molar-refractivity contribution in [2.75, 3.05) is 14.1 Å². The third-order valence-electron chi connectivity index (χ3n) is 3.98. The van der Waals surface area contributed by atoms with E-state index in [2.05, 4.69) is 12.0 Å². The molecular weight excluding hydrogens is 300 g/mol. The second kappa shape index (κ2) is 6.43. The van der Waals surface area contributed by atoms with E-state index in [1.54, 1.807) is 19.0 Å². The smallest absolute Gasteiger partial charge is 0.254 e. The van der Waals surface area contributed by atoms with E-state index in [0.29, 0.717) is 5.56 Å². The first-order chi connectivity index (χ1) is 11.5. The molecule has 0 saturated heterocycles. The molecule has 2 aromatic heterocycles. The van der Waals surface area contributed by atoms with E-state index in [4.69, 9.17) is 4.98 Å². The molecule has 0 N–H and O–H groups in total. The minimum absolute atomic E-state index is 0.0200. The third kappa shape index (κ3) is 3.02. The Morgan fingerprint density at radius 2 is 2.04 bits per heavy atom. The number of pyridine rings is 1. The van der Waals surface area contributed by atoms with Crippen LogP contribution in [0.1, 0.15) is 29.3 Å². The number of aryl methyl sites for hydroxylation is 2. The zero-order chi connectivity index (χ0) is 17.3. The lowest BCUT2D eigenvalue weighted by Gasteiger charge is -2.14. The van der Waals surface area contributed by atoms with Crippen LogP contribution >= 0.6 is 0 Å². The zero-order valence-electron chi connectivity index (χ0n) is 14.6. The molecular formula is C19H22N4O. The SMILES string of the molecule is CCCn1cc(-c2cc(C(=O)N(C)C)c3ccc(C)cc3n2)cn1. The van der Waals surface area contributed by atoms with Crippen molar-refractivity contribution < 1.29 is 4.79 Å². The summed E-state index contributed by atoms with van der Waals surface area (Å²) in [5, 5.41) is 5.25. The monoisotopic (exact) mass is 322 g/mol. The van der Waals surface area contributed by atoms with E-state index in [-0.39, 0.29) is 5.91 Å². The maximum absolute atomic E-state index is 12.6. The molecule has 3 aromatic rings. The number of carbonyl (C=O) groups is 1. The summed E-state index contributed by atoms with van der Waals surface area (Å²) in [6, 6.07) is 7.86. The summed E-state index contributed by atoms with van der Waals surface area (Å²) in [5.41, 5.74) is 4.33. The summed E-state index contributed by atoms with van der Waals surface area (Å²) >= 11 is 0. The van der Waals surface area contributed by atoms with E-state index in [1.807, 2.05) is 48.3 Å². The van der Waals surface area contributed by atoms with Gasteiger partial charge in [0.05, 0.1) is 23.0 Å². The molecule has 0 spiro atoms. The quantitative estimate of drug-likeness (QED) is 0.738. The maximum Gasteiger partial charge on any atom is 0.254 e. The van der Waals surface area contributed by atoms with Gasteiger partial charge in [-0.2, -0.15) is 5.10 Å². The maximum atomic E-state index is 12.6. The highest BCUT2D eigenvalue weighted by Gasteiger charge is 2.16. The standard InChI is InChI=1S/C19H22N4O/c1-5-8-23-12-14(11-20-23)17-10-16(19(24)22(3)4)15-7-6-13(2)9-18(15)21-17/h6-7,9-12H,5,8H2,1-4H3. The average molecular weight is 322 g/mol. The van der Waals surface area contributed by atoms with Gasteiger partial charge in [-0.05, 0) is 31.0 Å². The van der Waals surface area contributed by atoms with Crippen LogP contribution < -0.4 is 0 Å². The molecule has 0 unspecified atom stereocenters. The first-order valence-corrected chi connectivity index (χ1v) is 8.15. The Labute approximate surface area is 141 Å². The molecule has 0 atom stereocenters. The normalized spacial score (nSPS) is 11.0. The minimum Gasteiger partial charge on any atom is -0.345 e. The number of amides is 1. The fraction of sp³-hybridized carbons (Fsp3) is 0.316. The van der Waals surface area contributed by atoms with Crippen molar-refractivity contribution in [3.63, 3.8) is 0 Å². The highest BCUT2D eigenvalue weighted by Crippen LogP contribution is 2.26. The van der Waals surface area contributed by atoms with E-state index < -0.39 is 0 Å². The highest BCUT2D eigenvalue weighted by atomic mass is 16.2. The van der Waals surface area contributed by atoms with E-state index in [0.717, 1.165) is 40.7 Å². The Bertz CT molecular complexity index is 896. The number of nitrogens with zero attached hydrogens (tertiary/aromatic N) is 4. The van der Waals surface area contributed by atoms with Gasteiger partial charge in [-0.3, -0.25) is 9.48 Å². The lowest BCUT2D eigenvalue weighted by atomic mass is 10.0. The molecule has 24 heavy (non-hydrogen) atoms. The molecule has 1 amide bonds. The number of rotatable bonds is 4. The summed E-state index contributed by atoms with van der Waals surface area (Å²) in [6.45, 7) is 5.02. The summed E-state index contributed by atoms with van der Waals surface area (Å²) in [7, 11) is 3.53. The predicted octanol–water partition coefficient (Wildman–Crippen LogP) is 3.52. The van der Waals surface area contributed by atoms with Crippen LogP contribution in [0.5, 0.6) is 0 Å². The number of carbonyl (C=O) groups excluding carboxylic acids is 1. The van der Waals surface area contributed by atoms with Crippen molar-refractivity contribution in [2.45, 2.75) is 26.8 Å². The molecule has 0 radical (unpaired) electrons. The Hall–Kier alpha value is -2.69. The number of aromatic nitrogens is 3. The fourth-order valence-corrected chi connectivity index (χ4v) is 2.75. The van der Waals surface area contributed by atoms with Crippen LogP contribution in [-0.4, -0.2) is 39.7 Å². The Morgan fingerprint density at radius 3 is 2.75 bits per heavy atom. The van der Waals surface area contributed by atoms with Crippen LogP contribution in [0.15, 0.2) is 36.7 Å². The van der Waals surface area contributed by atoms with Gasteiger partial charge in [-0.15, -0.1) is 0 Å². The molecule has 2 heterocycles. The summed E-state index contributed by atoms with van der Waals surface area (Å²) in [4.78, 5) is 19.0. The molecule has 5 heteroatoms. The van der Waals surface area contributed by atoms with Gasteiger partial charge in [0, 0.05) is 37.8 Å². The molecule has 0 bridgehead atoms. The molecule has 0 fully saturated rings. The largest absolute Gasteiger partial charge is 0.345 e. The molecule has 0 aliphatic heterocycles. The molecule has 0 aliphatic carbocycles. The number of benzene rings is 1. The number of hydrogen-bond donors (Lipinski definition) is 0. The van der Waals surface area contributed by atoms with Crippen LogP contribution in [0.3, 0.4) is 0 Å². The second-order valence-corrected chi connectivity index (χ2v) is 6.27. The average Bonchev–Trinajstić information content (AvgIpc) is 3.01. The van der Waals surface area contributed by atoms with Crippen molar-refractivity contribution in [2.24, 2.45) is 0 Å². The van der Waals surface area contributed by atoms with Gasteiger partial charge >= 0.3 is 0 Å². The topological polar surface area (TPSA) is 51.0 Å².